The zero-order chi connectivity index (χ0) is 14.1. The fourth-order valence-electron chi connectivity index (χ4n) is 2.14. The highest BCUT2D eigenvalue weighted by Gasteiger charge is 2.13. The highest BCUT2D eigenvalue weighted by molar-refractivity contribution is 5.87. The van der Waals surface area contributed by atoms with E-state index in [2.05, 4.69) is 9.97 Å². The lowest BCUT2D eigenvalue weighted by molar-refractivity contribution is 0.112. The molecule has 5 heteroatoms. The third-order valence-electron chi connectivity index (χ3n) is 3.18. The third-order valence-corrected chi connectivity index (χ3v) is 3.18. The van der Waals surface area contributed by atoms with Gasteiger partial charge in [0, 0.05) is 32.2 Å². The van der Waals surface area contributed by atoms with Gasteiger partial charge in [-0.1, -0.05) is 6.07 Å². The Labute approximate surface area is 116 Å². The number of nitrogens with zero attached hydrogens (tertiary/aromatic N) is 4. The highest BCUT2D eigenvalue weighted by Crippen LogP contribution is 2.23. The molecule has 0 N–H and O–H groups in total. The van der Waals surface area contributed by atoms with E-state index in [1.165, 1.54) is 0 Å². The van der Waals surface area contributed by atoms with Crippen molar-refractivity contribution in [2.45, 2.75) is 0 Å². The number of carbonyl (C=O) groups excluding carboxylic acids is 1. The number of rotatable bonds is 3. The quantitative estimate of drug-likeness (QED) is 0.682. The van der Waals surface area contributed by atoms with Gasteiger partial charge in [-0.25, -0.2) is 4.98 Å². The Hall–Kier alpha value is -2.69. The second-order valence-electron chi connectivity index (χ2n) is 4.69. The summed E-state index contributed by atoms with van der Waals surface area (Å²) < 4.78 is 1.89. The van der Waals surface area contributed by atoms with Gasteiger partial charge in [0.2, 0.25) is 0 Å². The molecule has 0 aliphatic carbocycles. The van der Waals surface area contributed by atoms with E-state index in [0.717, 1.165) is 23.2 Å². The number of aromatic nitrogens is 3. The average Bonchev–Trinajstić information content (AvgIpc) is 2.86. The second-order valence-corrected chi connectivity index (χ2v) is 4.69. The van der Waals surface area contributed by atoms with Crippen LogP contribution in [0.3, 0.4) is 0 Å². The highest BCUT2D eigenvalue weighted by atomic mass is 16.1. The van der Waals surface area contributed by atoms with Crippen LogP contribution in [0.25, 0.3) is 17.0 Å². The van der Waals surface area contributed by atoms with Crippen LogP contribution in [-0.2, 0) is 0 Å². The Balaban J connectivity index is 2.28. The van der Waals surface area contributed by atoms with Crippen LogP contribution in [0.4, 0.5) is 5.69 Å². The zero-order valence-electron chi connectivity index (χ0n) is 11.3. The maximum atomic E-state index is 11.2. The summed E-state index contributed by atoms with van der Waals surface area (Å²) >= 11 is 0. The van der Waals surface area contributed by atoms with E-state index in [1.54, 1.807) is 6.20 Å². The van der Waals surface area contributed by atoms with E-state index in [-0.39, 0.29) is 0 Å². The van der Waals surface area contributed by atoms with Gasteiger partial charge < -0.3 is 4.90 Å². The summed E-state index contributed by atoms with van der Waals surface area (Å²) in [5.41, 5.74) is 2.97. The van der Waals surface area contributed by atoms with Gasteiger partial charge in [-0.15, -0.1) is 0 Å². The fourth-order valence-corrected chi connectivity index (χ4v) is 2.14. The molecule has 0 atom stereocenters. The van der Waals surface area contributed by atoms with Crippen LogP contribution in [0.2, 0.25) is 0 Å². The molecule has 0 aromatic carbocycles. The summed E-state index contributed by atoms with van der Waals surface area (Å²) in [6.45, 7) is 0. The molecule has 0 saturated heterocycles. The summed E-state index contributed by atoms with van der Waals surface area (Å²) in [6.07, 6.45) is 4.40. The normalized spacial score (nSPS) is 10.7. The Morgan fingerprint density at radius 3 is 2.75 bits per heavy atom. The number of hydrogen-bond acceptors (Lipinski definition) is 4. The van der Waals surface area contributed by atoms with Crippen molar-refractivity contribution in [3.63, 3.8) is 0 Å². The standard InChI is InChI=1S/C15H14N4O/c1-18(2)11-6-8-19-14(9-11)13(10-20)17-15(19)12-5-3-4-7-16-12/h3-10H,1-2H3. The van der Waals surface area contributed by atoms with Gasteiger partial charge in [-0.05, 0) is 24.3 Å². The molecule has 0 bridgehead atoms. The van der Waals surface area contributed by atoms with E-state index in [9.17, 15) is 4.79 Å². The Morgan fingerprint density at radius 2 is 2.10 bits per heavy atom. The molecular formula is C15H14N4O. The number of carbonyl (C=O) groups is 1. The molecule has 0 amide bonds. The summed E-state index contributed by atoms with van der Waals surface area (Å²) in [5.74, 6) is 0.674. The van der Waals surface area contributed by atoms with E-state index >= 15 is 0 Å². The van der Waals surface area contributed by atoms with Crippen molar-refractivity contribution in [1.82, 2.24) is 14.4 Å². The van der Waals surface area contributed by atoms with Crippen molar-refractivity contribution < 1.29 is 4.79 Å². The molecule has 0 radical (unpaired) electrons. The maximum Gasteiger partial charge on any atom is 0.170 e. The van der Waals surface area contributed by atoms with Crippen molar-refractivity contribution in [3.05, 3.63) is 48.4 Å². The van der Waals surface area contributed by atoms with Crippen molar-refractivity contribution >= 4 is 17.5 Å². The van der Waals surface area contributed by atoms with Crippen LogP contribution in [0.1, 0.15) is 10.5 Å². The molecule has 3 heterocycles. The van der Waals surface area contributed by atoms with Gasteiger partial charge in [-0.2, -0.15) is 0 Å². The molecule has 0 spiro atoms. The Kier molecular flexibility index (Phi) is 2.95. The largest absolute Gasteiger partial charge is 0.378 e. The van der Waals surface area contributed by atoms with Crippen LogP contribution in [0, 0.1) is 0 Å². The molecule has 100 valence electrons. The van der Waals surface area contributed by atoms with E-state index in [0.29, 0.717) is 11.5 Å². The number of aldehydes is 1. The average molecular weight is 266 g/mol. The minimum absolute atomic E-state index is 0.425. The summed E-state index contributed by atoms with van der Waals surface area (Å²) in [7, 11) is 3.92. The first kappa shape index (κ1) is 12.3. The van der Waals surface area contributed by atoms with Crippen molar-refractivity contribution in [3.8, 4) is 11.5 Å². The number of pyridine rings is 2. The second kappa shape index (κ2) is 4.77. The lowest BCUT2D eigenvalue weighted by atomic mass is 10.3. The summed E-state index contributed by atoms with van der Waals surface area (Å²) in [5, 5.41) is 0. The van der Waals surface area contributed by atoms with E-state index < -0.39 is 0 Å². The predicted molar refractivity (Wildman–Crippen MR) is 78.1 cm³/mol. The van der Waals surface area contributed by atoms with E-state index in [1.807, 2.05) is 59.9 Å². The summed E-state index contributed by atoms with van der Waals surface area (Å²) in [4.78, 5) is 21.9. The van der Waals surface area contributed by atoms with Gasteiger partial charge >= 0.3 is 0 Å². The van der Waals surface area contributed by atoms with Crippen LogP contribution in [0.15, 0.2) is 42.7 Å². The lowest BCUT2D eigenvalue weighted by Gasteiger charge is -2.12. The van der Waals surface area contributed by atoms with Crippen molar-refractivity contribution in [2.75, 3.05) is 19.0 Å². The monoisotopic (exact) mass is 266 g/mol. The van der Waals surface area contributed by atoms with Crippen LogP contribution in [0.5, 0.6) is 0 Å². The Morgan fingerprint density at radius 1 is 1.25 bits per heavy atom. The molecule has 3 aromatic rings. The molecule has 0 fully saturated rings. The molecule has 0 unspecified atom stereocenters. The molecule has 3 aromatic heterocycles. The van der Waals surface area contributed by atoms with Gasteiger partial charge in [0.05, 0.1) is 5.52 Å². The molecule has 0 aliphatic heterocycles. The summed E-state index contributed by atoms with van der Waals surface area (Å²) in [6, 6.07) is 9.56. The number of imidazole rings is 1. The molecule has 0 aliphatic rings. The van der Waals surface area contributed by atoms with Crippen molar-refractivity contribution in [1.29, 1.82) is 0 Å². The van der Waals surface area contributed by atoms with Crippen LogP contribution < -0.4 is 4.90 Å². The number of anilines is 1. The molecular weight excluding hydrogens is 252 g/mol. The van der Waals surface area contributed by atoms with Crippen molar-refractivity contribution in [2.24, 2.45) is 0 Å². The van der Waals surface area contributed by atoms with E-state index in [4.69, 9.17) is 0 Å². The molecule has 3 rings (SSSR count). The maximum absolute atomic E-state index is 11.2. The van der Waals surface area contributed by atoms with Gasteiger partial charge in [-0.3, -0.25) is 14.2 Å². The first-order valence-corrected chi connectivity index (χ1v) is 6.26. The molecule has 20 heavy (non-hydrogen) atoms. The predicted octanol–water partition coefficient (Wildman–Crippen LogP) is 2.27. The first-order valence-electron chi connectivity index (χ1n) is 6.26. The first-order chi connectivity index (χ1) is 9.70. The Bertz CT molecular complexity index is 762. The fraction of sp³-hybridized carbons (Fsp3) is 0.133. The number of hydrogen-bond donors (Lipinski definition) is 0. The van der Waals surface area contributed by atoms with Gasteiger partial charge in [0.25, 0.3) is 0 Å². The zero-order valence-corrected chi connectivity index (χ0v) is 11.3. The lowest BCUT2D eigenvalue weighted by Crippen LogP contribution is -2.08. The van der Waals surface area contributed by atoms with Crippen LogP contribution >= 0.6 is 0 Å². The van der Waals surface area contributed by atoms with Gasteiger partial charge in [0.1, 0.15) is 11.4 Å². The number of fused-ring (bicyclic) bond motifs is 1. The third kappa shape index (κ3) is 1.93. The minimum Gasteiger partial charge on any atom is -0.378 e. The SMILES string of the molecule is CN(C)c1ccn2c(-c3ccccn3)nc(C=O)c2c1. The smallest absolute Gasteiger partial charge is 0.170 e. The minimum atomic E-state index is 0.425. The molecule has 5 nitrogen and oxygen atoms in total. The molecule has 0 saturated carbocycles. The van der Waals surface area contributed by atoms with Gasteiger partial charge in [0.15, 0.2) is 12.1 Å². The van der Waals surface area contributed by atoms with Crippen LogP contribution in [-0.4, -0.2) is 34.8 Å². The topological polar surface area (TPSA) is 50.5 Å².